The fraction of sp³-hybridized carbons (Fsp3) is 0.689. The Labute approximate surface area is 368 Å². The summed E-state index contributed by atoms with van der Waals surface area (Å²) in [4.78, 5) is 23.6. The molecule has 3 aliphatic rings. The van der Waals surface area contributed by atoms with E-state index in [-0.39, 0.29) is 60.5 Å². The van der Waals surface area contributed by atoms with Crippen LogP contribution in [0.4, 0.5) is 5.69 Å². The predicted molar refractivity (Wildman–Crippen MR) is 238 cm³/mol. The van der Waals surface area contributed by atoms with E-state index in [1.165, 1.54) is 30.4 Å². The van der Waals surface area contributed by atoms with E-state index in [1.807, 2.05) is 26.0 Å². The first-order valence-electron chi connectivity index (χ1n) is 22.6. The monoisotopic (exact) mass is 910 g/mol. The molecule has 0 heterocycles. The first kappa shape index (κ1) is 51.5. The van der Waals surface area contributed by atoms with Crippen molar-refractivity contribution in [1.82, 2.24) is 0 Å². The van der Waals surface area contributed by atoms with E-state index < -0.39 is 27.5 Å². The Hall–Kier alpha value is -3.16. The van der Waals surface area contributed by atoms with Crippen molar-refractivity contribution in [2.75, 3.05) is 45.9 Å². The van der Waals surface area contributed by atoms with Gasteiger partial charge in [-0.2, -0.15) is 0 Å². The summed E-state index contributed by atoms with van der Waals surface area (Å²) < 4.78 is 71.1. The minimum absolute atomic E-state index is 0.000432. The van der Waals surface area contributed by atoms with Gasteiger partial charge in [-0.1, -0.05) is 66.4 Å². The lowest BCUT2D eigenvalue weighted by Gasteiger charge is -2.50. The number of fused-ring (bicyclic) bond motifs is 5. The van der Waals surface area contributed by atoms with Crippen LogP contribution >= 0.6 is 15.6 Å². The fourth-order valence-electron chi connectivity index (χ4n) is 8.88. The SMILES string of the molecule is CCCCOP(=O)(OCCCC)OC(=O)CCO[C@@H]1CCC2C3CCc4cc(OP(=O)(OCCCC)OCCCC)ccc4C3CCC21C.COc1ccc(N)c(O)c1C(N)=O. The van der Waals surface area contributed by atoms with E-state index in [9.17, 15) is 23.8 Å². The van der Waals surface area contributed by atoms with E-state index in [0.717, 1.165) is 77.0 Å². The number of ether oxygens (including phenoxy) is 2. The topological polar surface area (TPSA) is 214 Å². The van der Waals surface area contributed by atoms with Crippen LogP contribution in [0, 0.1) is 17.3 Å². The van der Waals surface area contributed by atoms with Gasteiger partial charge in [0.15, 0.2) is 5.75 Å². The average Bonchev–Trinajstić information content (AvgIpc) is 3.57. The standard InChI is InChI=1S/C37H62O10P2.C8H10N2O3/c1-6-10-23-42-48(39,43-24-11-7-2)46-30-15-17-31-29(28-30)14-16-33-32(31)20-22-37(5)34(33)18-19-35(37)41-27-21-36(38)47-49(40,44-25-12-8-3)45-26-13-9-4;1-13-5-3-2-4(9)7(11)6(5)8(10)12/h15,17,28,32-35H,6-14,16,18-27H2,1-5H3;2-3,11H,9H2,1H3,(H2,10,12)/t32?,33?,34?,35-,37?;/m1./s1. The number of amides is 1. The molecule has 4 unspecified atom stereocenters. The first-order valence-corrected chi connectivity index (χ1v) is 25.5. The molecule has 17 heteroatoms. The van der Waals surface area contributed by atoms with E-state index in [4.69, 9.17) is 48.1 Å². The number of hydrogen-bond donors (Lipinski definition) is 3. The van der Waals surface area contributed by atoms with Crippen molar-refractivity contribution in [2.24, 2.45) is 23.0 Å². The molecule has 3 aliphatic carbocycles. The summed E-state index contributed by atoms with van der Waals surface area (Å²) >= 11 is 0. The predicted octanol–water partition coefficient (Wildman–Crippen LogP) is 10.8. The summed E-state index contributed by atoms with van der Waals surface area (Å²) in [7, 11) is -6.28. The van der Waals surface area contributed by atoms with Gasteiger partial charge in [0, 0.05) is 0 Å². The summed E-state index contributed by atoms with van der Waals surface area (Å²) in [6, 6.07) is 9.03. The van der Waals surface area contributed by atoms with E-state index >= 15 is 0 Å². The number of nitrogen functional groups attached to an aromatic ring is 1. The molecule has 0 spiro atoms. The lowest BCUT2D eigenvalue weighted by atomic mass is 9.55. The molecular formula is C45H72N2O13P2. The molecule has 0 bridgehead atoms. The molecule has 15 nitrogen and oxygen atoms in total. The maximum Gasteiger partial charge on any atom is 0.532 e. The van der Waals surface area contributed by atoms with Gasteiger partial charge in [0.2, 0.25) is 0 Å². The van der Waals surface area contributed by atoms with Gasteiger partial charge in [0.25, 0.3) is 5.91 Å². The summed E-state index contributed by atoms with van der Waals surface area (Å²) in [6.07, 6.45) is 12.9. The van der Waals surface area contributed by atoms with E-state index in [1.54, 1.807) is 0 Å². The van der Waals surface area contributed by atoms with E-state index in [2.05, 4.69) is 26.8 Å². The van der Waals surface area contributed by atoms with Crippen LogP contribution in [0.3, 0.4) is 0 Å². The number of rotatable bonds is 25. The van der Waals surface area contributed by atoms with Gasteiger partial charge in [-0.05, 0) is 123 Å². The van der Waals surface area contributed by atoms with Gasteiger partial charge >= 0.3 is 21.6 Å². The average molecular weight is 911 g/mol. The van der Waals surface area contributed by atoms with Crippen molar-refractivity contribution in [3.05, 3.63) is 47.0 Å². The molecule has 62 heavy (non-hydrogen) atoms. The van der Waals surface area contributed by atoms with Crippen molar-refractivity contribution in [1.29, 1.82) is 0 Å². The van der Waals surface area contributed by atoms with Crippen LogP contribution in [-0.2, 0) is 47.7 Å². The summed E-state index contributed by atoms with van der Waals surface area (Å²) in [5.41, 5.74) is 13.1. The fourth-order valence-corrected chi connectivity index (χ4v) is 11.4. The second kappa shape index (κ2) is 24.8. The summed E-state index contributed by atoms with van der Waals surface area (Å²) in [5, 5.41) is 9.37. The maximum absolute atomic E-state index is 13.5. The van der Waals surface area contributed by atoms with E-state index in [0.29, 0.717) is 49.6 Å². The van der Waals surface area contributed by atoms with Crippen LogP contribution in [0.1, 0.15) is 152 Å². The highest BCUT2D eigenvalue weighted by atomic mass is 31.2. The van der Waals surface area contributed by atoms with Crippen LogP contribution in [0.15, 0.2) is 30.3 Å². The van der Waals surface area contributed by atoms with Crippen LogP contribution in [-0.4, -0.2) is 63.2 Å². The maximum atomic E-state index is 13.5. The quantitative estimate of drug-likeness (QED) is 0.0366. The number of phenols is 1. The number of nitrogens with two attached hydrogens (primary N) is 2. The minimum atomic E-state index is -3.95. The number of methoxy groups -OCH3 is 1. The molecule has 0 aromatic heterocycles. The lowest BCUT2D eigenvalue weighted by molar-refractivity contribution is -0.139. The number of carbonyl (C=O) groups excluding carboxylic acids is 2. The Morgan fingerprint density at radius 3 is 1.97 bits per heavy atom. The number of phosphoric acid groups is 2. The zero-order chi connectivity index (χ0) is 45.3. The number of carbonyl (C=O) groups is 2. The van der Waals surface area contributed by atoms with Crippen LogP contribution < -0.4 is 20.7 Å². The number of unbranched alkanes of at least 4 members (excludes halogenated alkanes) is 4. The number of aryl methyl sites for hydroxylation is 1. The lowest BCUT2D eigenvalue weighted by Crippen LogP contribution is -2.44. The van der Waals surface area contributed by atoms with Crippen LogP contribution in [0.25, 0.3) is 0 Å². The number of aromatic hydroxyl groups is 1. The number of phosphoric ester groups is 2. The first-order chi connectivity index (χ1) is 29.7. The third-order valence-electron chi connectivity index (χ3n) is 12.3. The van der Waals surface area contributed by atoms with Crippen molar-refractivity contribution in [2.45, 2.75) is 143 Å². The second-order valence-electron chi connectivity index (χ2n) is 16.6. The second-order valence-corrected chi connectivity index (χ2v) is 19.8. The van der Waals surface area contributed by atoms with Gasteiger partial charge in [0.05, 0.1) is 58.4 Å². The number of hydrogen-bond acceptors (Lipinski definition) is 14. The van der Waals surface area contributed by atoms with Gasteiger partial charge in [-0.3, -0.25) is 27.7 Å². The molecule has 1 amide bonds. The zero-order valence-corrected chi connectivity index (χ0v) is 39.5. The normalized spacial score (nSPS) is 21.8. The van der Waals surface area contributed by atoms with Gasteiger partial charge in [-0.25, -0.2) is 9.13 Å². The Kier molecular flexibility index (Phi) is 20.6. The molecule has 0 radical (unpaired) electrons. The van der Waals surface area contributed by atoms with Gasteiger partial charge in [0.1, 0.15) is 17.1 Å². The molecule has 5 N–H and O–H groups in total. The largest absolute Gasteiger partial charge is 0.532 e. The number of primary amides is 1. The minimum Gasteiger partial charge on any atom is -0.505 e. The molecule has 2 aromatic rings. The Bertz CT molecular complexity index is 1820. The Morgan fingerprint density at radius 2 is 1.40 bits per heavy atom. The highest BCUT2D eigenvalue weighted by molar-refractivity contribution is 7.49. The van der Waals surface area contributed by atoms with Crippen LogP contribution in [0.5, 0.6) is 17.2 Å². The molecule has 5 rings (SSSR count). The Morgan fingerprint density at radius 1 is 0.806 bits per heavy atom. The van der Waals surface area contributed by atoms with Crippen molar-refractivity contribution in [3.63, 3.8) is 0 Å². The molecule has 350 valence electrons. The molecular weight excluding hydrogens is 838 g/mol. The van der Waals surface area contributed by atoms with Crippen LogP contribution in [0.2, 0.25) is 0 Å². The van der Waals surface area contributed by atoms with Crippen molar-refractivity contribution >= 4 is 33.2 Å². The smallest absolute Gasteiger partial charge is 0.505 e. The third kappa shape index (κ3) is 13.9. The summed E-state index contributed by atoms with van der Waals surface area (Å²) in [5.74, 6) is 0.566. The summed E-state index contributed by atoms with van der Waals surface area (Å²) in [6.45, 7) is 11.8. The van der Waals surface area contributed by atoms with Gasteiger partial charge in [-0.15, -0.1) is 0 Å². The molecule has 0 aliphatic heterocycles. The molecule has 0 saturated heterocycles. The molecule has 2 saturated carbocycles. The molecule has 5 atom stereocenters. The highest BCUT2D eigenvalue weighted by Crippen LogP contribution is 2.62. The number of anilines is 1. The van der Waals surface area contributed by atoms with Crippen molar-refractivity contribution < 1.29 is 60.4 Å². The zero-order valence-electron chi connectivity index (χ0n) is 37.7. The third-order valence-corrected chi connectivity index (χ3v) is 15.2. The van der Waals surface area contributed by atoms with Crippen molar-refractivity contribution in [3.8, 4) is 17.2 Å². The molecule has 2 fully saturated rings. The molecule has 2 aromatic carbocycles. The highest BCUT2D eigenvalue weighted by Gasteiger charge is 2.55. The number of benzene rings is 2. The van der Waals surface area contributed by atoms with Gasteiger partial charge < -0.3 is 35.1 Å². The Balaban J connectivity index is 0.000000554.